The zero-order chi connectivity index (χ0) is 9.54. The topological polar surface area (TPSA) is 26.0 Å². The van der Waals surface area contributed by atoms with Crippen LogP contribution in [0.15, 0.2) is 24.3 Å². The summed E-state index contributed by atoms with van der Waals surface area (Å²) in [5.41, 5.74) is 9.34. The lowest BCUT2D eigenvalue weighted by molar-refractivity contribution is 0.293. The van der Waals surface area contributed by atoms with Gasteiger partial charge in [0.2, 0.25) is 0 Å². The molecular weight excluding hydrogens is 170 g/mol. The second-order valence-corrected chi connectivity index (χ2v) is 4.78. The van der Waals surface area contributed by atoms with Crippen molar-refractivity contribution >= 4 is 0 Å². The Bertz CT molecular complexity index is 345. The Hall–Kier alpha value is -0.820. The summed E-state index contributed by atoms with van der Waals surface area (Å²) in [7, 11) is 0. The number of fused-ring (bicyclic) bond motifs is 3. The number of nitrogens with two attached hydrogens (primary N) is 1. The predicted molar refractivity (Wildman–Crippen MR) is 58.2 cm³/mol. The maximum Gasteiger partial charge on any atom is 0.0111 e. The van der Waals surface area contributed by atoms with E-state index in [9.17, 15) is 0 Å². The van der Waals surface area contributed by atoms with Crippen molar-refractivity contribution in [3.63, 3.8) is 0 Å². The molecule has 14 heavy (non-hydrogen) atoms. The van der Waals surface area contributed by atoms with Crippen LogP contribution in [0.1, 0.15) is 36.3 Å². The lowest BCUT2D eigenvalue weighted by Gasteiger charge is -2.31. The molecule has 0 spiro atoms. The van der Waals surface area contributed by atoms with E-state index < -0.39 is 0 Å². The molecular formula is C13H17N. The predicted octanol–water partition coefficient (Wildman–Crippen LogP) is 2.45. The largest absolute Gasteiger partial charge is 0.327 e. The van der Waals surface area contributed by atoms with E-state index >= 15 is 0 Å². The minimum absolute atomic E-state index is 0.414. The van der Waals surface area contributed by atoms with Crippen LogP contribution in [0.3, 0.4) is 0 Å². The summed E-state index contributed by atoms with van der Waals surface area (Å²) in [6.45, 7) is 0. The maximum absolute atomic E-state index is 6.23. The highest BCUT2D eigenvalue weighted by Crippen LogP contribution is 2.45. The van der Waals surface area contributed by atoms with E-state index in [-0.39, 0.29) is 0 Å². The molecule has 2 aliphatic carbocycles. The van der Waals surface area contributed by atoms with E-state index in [0.717, 1.165) is 5.92 Å². The third-order valence-corrected chi connectivity index (χ3v) is 3.98. The van der Waals surface area contributed by atoms with Gasteiger partial charge in [0.1, 0.15) is 0 Å². The van der Waals surface area contributed by atoms with Crippen molar-refractivity contribution in [2.75, 3.05) is 0 Å². The fourth-order valence-electron chi connectivity index (χ4n) is 3.37. The summed E-state index contributed by atoms with van der Waals surface area (Å²) in [4.78, 5) is 0. The summed E-state index contributed by atoms with van der Waals surface area (Å²) in [5.74, 6) is 1.51. The Balaban J connectivity index is 2.03. The van der Waals surface area contributed by atoms with Crippen LogP contribution in [0.2, 0.25) is 0 Å². The van der Waals surface area contributed by atoms with Gasteiger partial charge in [-0.05, 0) is 36.3 Å². The monoisotopic (exact) mass is 187 g/mol. The van der Waals surface area contributed by atoms with Gasteiger partial charge < -0.3 is 5.73 Å². The molecule has 1 saturated carbocycles. The minimum atomic E-state index is 0.414. The van der Waals surface area contributed by atoms with Crippen LogP contribution in [0, 0.1) is 5.92 Å². The van der Waals surface area contributed by atoms with Crippen molar-refractivity contribution < 1.29 is 0 Å². The molecule has 3 unspecified atom stereocenters. The first-order valence-corrected chi connectivity index (χ1v) is 5.69. The second-order valence-electron chi connectivity index (χ2n) is 4.78. The summed E-state index contributed by atoms with van der Waals surface area (Å²) >= 11 is 0. The van der Waals surface area contributed by atoms with Gasteiger partial charge in [-0.1, -0.05) is 30.7 Å². The van der Waals surface area contributed by atoms with Crippen molar-refractivity contribution in [2.24, 2.45) is 11.7 Å². The fraction of sp³-hybridized carbons (Fsp3) is 0.538. The number of benzene rings is 1. The van der Waals surface area contributed by atoms with Crippen molar-refractivity contribution in [3.05, 3.63) is 35.4 Å². The van der Waals surface area contributed by atoms with E-state index in [1.54, 1.807) is 11.1 Å². The molecule has 1 fully saturated rings. The van der Waals surface area contributed by atoms with Crippen LogP contribution in [-0.4, -0.2) is 6.04 Å². The molecule has 1 aromatic carbocycles. The fourth-order valence-corrected chi connectivity index (χ4v) is 3.37. The second kappa shape index (κ2) is 3.09. The molecule has 0 bridgehead atoms. The first-order valence-electron chi connectivity index (χ1n) is 5.69. The van der Waals surface area contributed by atoms with Gasteiger partial charge in [-0.15, -0.1) is 0 Å². The van der Waals surface area contributed by atoms with Crippen LogP contribution in [0.25, 0.3) is 0 Å². The van der Waals surface area contributed by atoms with Gasteiger partial charge in [-0.3, -0.25) is 0 Å². The van der Waals surface area contributed by atoms with Gasteiger partial charge in [0.05, 0.1) is 0 Å². The third kappa shape index (κ3) is 1.12. The maximum atomic E-state index is 6.23. The molecule has 3 atom stereocenters. The summed E-state index contributed by atoms with van der Waals surface area (Å²) in [6.07, 6.45) is 5.20. The highest BCUT2D eigenvalue weighted by molar-refractivity contribution is 5.37. The standard InChI is InChI=1S/C13H17N/c14-12-7-3-5-10-8-9-4-1-2-6-11(9)13(10)12/h1-2,4,6,10,12-13H,3,5,7-8,14H2. The Kier molecular flexibility index (Phi) is 1.88. The molecule has 0 amide bonds. The van der Waals surface area contributed by atoms with Crippen molar-refractivity contribution in [2.45, 2.75) is 37.6 Å². The van der Waals surface area contributed by atoms with Crippen LogP contribution in [0.4, 0.5) is 0 Å². The smallest absolute Gasteiger partial charge is 0.0111 e. The first kappa shape index (κ1) is 8.49. The first-order chi connectivity index (χ1) is 6.86. The molecule has 0 saturated heterocycles. The van der Waals surface area contributed by atoms with Gasteiger partial charge >= 0.3 is 0 Å². The summed E-state index contributed by atoms with van der Waals surface area (Å²) in [6, 6.07) is 9.29. The molecule has 1 nitrogen and oxygen atoms in total. The number of rotatable bonds is 0. The van der Waals surface area contributed by atoms with Crippen LogP contribution in [0.5, 0.6) is 0 Å². The molecule has 0 aromatic heterocycles. The molecule has 2 N–H and O–H groups in total. The van der Waals surface area contributed by atoms with Crippen molar-refractivity contribution in [1.29, 1.82) is 0 Å². The molecule has 74 valence electrons. The number of hydrogen-bond acceptors (Lipinski definition) is 1. The SMILES string of the molecule is NC1CCCC2Cc3ccccc3C12. The lowest BCUT2D eigenvalue weighted by atomic mass is 9.76. The average Bonchev–Trinajstić information content (AvgIpc) is 2.57. The average molecular weight is 187 g/mol. The van der Waals surface area contributed by atoms with E-state index in [4.69, 9.17) is 5.73 Å². The van der Waals surface area contributed by atoms with E-state index in [2.05, 4.69) is 24.3 Å². The highest BCUT2D eigenvalue weighted by Gasteiger charge is 2.38. The van der Waals surface area contributed by atoms with Crippen LogP contribution < -0.4 is 5.73 Å². The van der Waals surface area contributed by atoms with E-state index in [1.165, 1.54) is 25.7 Å². The van der Waals surface area contributed by atoms with Crippen LogP contribution >= 0.6 is 0 Å². The Morgan fingerprint density at radius 3 is 2.93 bits per heavy atom. The molecule has 1 heteroatoms. The molecule has 1 aromatic rings. The van der Waals surface area contributed by atoms with Gasteiger partial charge in [0.25, 0.3) is 0 Å². The van der Waals surface area contributed by atoms with Crippen LogP contribution in [-0.2, 0) is 6.42 Å². The summed E-state index contributed by atoms with van der Waals surface area (Å²) < 4.78 is 0. The van der Waals surface area contributed by atoms with E-state index in [0.29, 0.717) is 12.0 Å². The van der Waals surface area contributed by atoms with Gasteiger partial charge in [0.15, 0.2) is 0 Å². The Morgan fingerprint density at radius 2 is 2.00 bits per heavy atom. The normalized spacial score (nSPS) is 35.1. The Labute approximate surface area is 85.3 Å². The molecule has 3 rings (SSSR count). The van der Waals surface area contributed by atoms with Gasteiger partial charge in [-0.25, -0.2) is 0 Å². The van der Waals surface area contributed by atoms with Crippen molar-refractivity contribution in [1.82, 2.24) is 0 Å². The molecule has 0 heterocycles. The van der Waals surface area contributed by atoms with E-state index in [1.807, 2.05) is 0 Å². The molecule has 0 radical (unpaired) electrons. The van der Waals surface area contributed by atoms with Crippen molar-refractivity contribution in [3.8, 4) is 0 Å². The third-order valence-electron chi connectivity index (χ3n) is 3.98. The molecule has 2 aliphatic rings. The molecule has 0 aliphatic heterocycles. The highest BCUT2D eigenvalue weighted by atomic mass is 14.7. The number of hydrogen-bond donors (Lipinski definition) is 1. The summed E-state index contributed by atoms with van der Waals surface area (Å²) in [5, 5.41) is 0. The zero-order valence-corrected chi connectivity index (χ0v) is 8.45. The quantitative estimate of drug-likeness (QED) is 0.663. The van der Waals surface area contributed by atoms with Gasteiger partial charge in [-0.2, -0.15) is 0 Å². The Morgan fingerprint density at radius 1 is 1.14 bits per heavy atom. The minimum Gasteiger partial charge on any atom is -0.327 e. The van der Waals surface area contributed by atoms with Gasteiger partial charge in [0, 0.05) is 12.0 Å². The lowest BCUT2D eigenvalue weighted by Crippen LogP contribution is -2.34. The zero-order valence-electron chi connectivity index (χ0n) is 8.45.